The summed E-state index contributed by atoms with van der Waals surface area (Å²) in [5.74, 6) is 1.09. The molecule has 17 heavy (non-hydrogen) atoms. The van der Waals surface area contributed by atoms with E-state index in [9.17, 15) is 0 Å². The van der Waals surface area contributed by atoms with Gasteiger partial charge < -0.3 is 0 Å². The molecule has 1 unspecified atom stereocenters. The maximum absolute atomic E-state index is 4.38. The lowest BCUT2D eigenvalue weighted by atomic mass is 10.0. The number of aromatic nitrogens is 3. The minimum Gasteiger partial charge on any atom is -0.296 e. The van der Waals surface area contributed by atoms with E-state index in [1.165, 1.54) is 24.8 Å². The van der Waals surface area contributed by atoms with Crippen LogP contribution in [0.3, 0.4) is 0 Å². The largest absolute Gasteiger partial charge is 0.296 e. The smallest absolute Gasteiger partial charge is 0.161 e. The molecule has 0 spiro atoms. The van der Waals surface area contributed by atoms with Gasteiger partial charge in [-0.3, -0.25) is 9.30 Å². The second kappa shape index (κ2) is 4.11. The molecular formula is C13H18N4. The van der Waals surface area contributed by atoms with Crippen LogP contribution in [0.15, 0.2) is 18.3 Å². The van der Waals surface area contributed by atoms with E-state index in [2.05, 4.69) is 51.8 Å². The van der Waals surface area contributed by atoms with Gasteiger partial charge in [0.25, 0.3) is 0 Å². The third-order valence-corrected chi connectivity index (χ3v) is 3.66. The van der Waals surface area contributed by atoms with E-state index in [-0.39, 0.29) is 0 Å². The van der Waals surface area contributed by atoms with Gasteiger partial charge in [0.1, 0.15) is 0 Å². The highest BCUT2D eigenvalue weighted by atomic mass is 15.3. The van der Waals surface area contributed by atoms with E-state index >= 15 is 0 Å². The van der Waals surface area contributed by atoms with Crippen LogP contribution in [-0.4, -0.2) is 33.1 Å². The Morgan fingerprint density at radius 2 is 2.18 bits per heavy atom. The summed E-state index contributed by atoms with van der Waals surface area (Å²) in [6.07, 6.45) is 5.85. The Bertz CT molecular complexity index is 531. The van der Waals surface area contributed by atoms with Crippen LogP contribution >= 0.6 is 0 Å². The Morgan fingerprint density at radius 1 is 1.29 bits per heavy atom. The van der Waals surface area contributed by atoms with Crippen molar-refractivity contribution in [1.82, 2.24) is 19.5 Å². The lowest BCUT2D eigenvalue weighted by molar-refractivity contribution is 0.178. The highest BCUT2D eigenvalue weighted by Gasteiger charge is 2.24. The average Bonchev–Trinajstić information content (AvgIpc) is 2.72. The first-order chi connectivity index (χ1) is 8.25. The molecule has 90 valence electrons. The number of aryl methyl sites for hydroxylation is 1. The van der Waals surface area contributed by atoms with Crippen LogP contribution in [0.5, 0.6) is 0 Å². The summed E-state index contributed by atoms with van der Waals surface area (Å²) in [5.41, 5.74) is 2.19. The molecule has 3 heterocycles. The van der Waals surface area contributed by atoms with Crippen LogP contribution in [-0.2, 0) is 0 Å². The Labute approximate surface area is 101 Å². The molecule has 1 aliphatic heterocycles. The molecule has 3 rings (SSSR count). The molecule has 0 N–H and O–H groups in total. The van der Waals surface area contributed by atoms with Crippen molar-refractivity contribution in [3.8, 4) is 0 Å². The summed E-state index contributed by atoms with van der Waals surface area (Å²) in [7, 11) is 2.18. The highest BCUT2D eigenvalue weighted by molar-refractivity contribution is 5.41. The second-order valence-corrected chi connectivity index (χ2v) is 4.98. The number of pyridine rings is 1. The number of nitrogens with zero attached hydrogens (tertiary/aromatic N) is 4. The summed E-state index contributed by atoms with van der Waals surface area (Å²) < 4.78 is 2.12. The molecule has 1 saturated heterocycles. The summed E-state index contributed by atoms with van der Waals surface area (Å²) in [6, 6.07) is 4.61. The molecule has 0 radical (unpaired) electrons. The van der Waals surface area contributed by atoms with Crippen LogP contribution < -0.4 is 0 Å². The van der Waals surface area contributed by atoms with Gasteiger partial charge in [-0.05, 0) is 51.1 Å². The van der Waals surface area contributed by atoms with E-state index in [4.69, 9.17) is 0 Å². The maximum atomic E-state index is 4.38. The zero-order valence-electron chi connectivity index (χ0n) is 10.4. The summed E-state index contributed by atoms with van der Waals surface area (Å²) in [4.78, 5) is 2.39. The molecule has 0 saturated carbocycles. The molecule has 4 nitrogen and oxygen atoms in total. The number of piperidine rings is 1. The topological polar surface area (TPSA) is 33.4 Å². The Balaban J connectivity index is 2.05. The fourth-order valence-corrected chi connectivity index (χ4v) is 2.64. The van der Waals surface area contributed by atoms with Gasteiger partial charge in [0.05, 0.1) is 6.04 Å². The molecule has 2 aromatic rings. The van der Waals surface area contributed by atoms with Crippen molar-refractivity contribution in [2.24, 2.45) is 0 Å². The molecule has 1 aliphatic rings. The number of likely N-dealkylation sites (tertiary alicyclic amines) is 1. The predicted molar refractivity (Wildman–Crippen MR) is 66.9 cm³/mol. The van der Waals surface area contributed by atoms with Crippen molar-refractivity contribution in [2.45, 2.75) is 32.2 Å². The fraction of sp³-hybridized carbons (Fsp3) is 0.538. The van der Waals surface area contributed by atoms with Gasteiger partial charge in [0, 0.05) is 6.20 Å². The minimum absolute atomic E-state index is 0.418. The first-order valence-electron chi connectivity index (χ1n) is 6.27. The summed E-state index contributed by atoms with van der Waals surface area (Å²) >= 11 is 0. The third kappa shape index (κ3) is 1.82. The van der Waals surface area contributed by atoms with Gasteiger partial charge in [-0.25, -0.2) is 0 Å². The number of rotatable bonds is 1. The van der Waals surface area contributed by atoms with Crippen LogP contribution in [0.1, 0.15) is 36.7 Å². The van der Waals surface area contributed by atoms with Crippen LogP contribution in [0.4, 0.5) is 0 Å². The molecular weight excluding hydrogens is 212 g/mol. The first kappa shape index (κ1) is 10.7. The zero-order valence-corrected chi connectivity index (χ0v) is 10.4. The van der Waals surface area contributed by atoms with Crippen molar-refractivity contribution in [2.75, 3.05) is 13.6 Å². The zero-order chi connectivity index (χ0) is 11.8. The van der Waals surface area contributed by atoms with Gasteiger partial charge in [-0.2, -0.15) is 0 Å². The maximum Gasteiger partial charge on any atom is 0.161 e. The molecule has 0 aromatic carbocycles. The quantitative estimate of drug-likeness (QED) is 0.753. The van der Waals surface area contributed by atoms with E-state index < -0.39 is 0 Å². The summed E-state index contributed by atoms with van der Waals surface area (Å²) in [5, 5.41) is 8.66. The second-order valence-electron chi connectivity index (χ2n) is 4.98. The lowest BCUT2D eigenvalue weighted by Gasteiger charge is -2.30. The number of hydrogen-bond acceptors (Lipinski definition) is 3. The molecule has 2 aromatic heterocycles. The average molecular weight is 230 g/mol. The van der Waals surface area contributed by atoms with E-state index in [1.54, 1.807) is 0 Å². The normalized spacial score (nSPS) is 22.1. The third-order valence-electron chi connectivity index (χ3n) is 3.66. The molecule has 0 bridgehead atoms. The van der Waals surface area contributed by atoms with Crippen LogP contribution in [0.2, 0.25) is 0 Å². The molecule has 0 amide bonds. The molecule has 4 heteroatoms. The standard InChI is InChI=1S/C13H18N4/c1-10-6-8-17-12(9-10)14-15-13(17)11-5-3-4-7-16(11)2/h6,8-9,11H,3-5,7H2,1-2H3. The predicted octanol–water partition coefficient (Wildman–Crippen LogP) is 2.19. The van der Waals surface area contributed by atoms with Crippen LogP contribution in [0.25, 0.3) is 5.65 Å². The van der Waals surface area contributed by atoms with E-state index in [0.717, 1.165) is 18.0 Å². The van der Waals surface area contributed by atoms with Crippen molar-refractivity contribution in [3.05, 3.63) is 29.7 Å². The van der Waals surface area contributed by atoms with E-state index in [1.807, 2.05) is 0 Å². The van der Waals surface area contributed by atoms with Crippen molar-refractivity contribution < 1.29 is 0 Å². The van der Waals surface area contributed by atoms with Gasteiger partial charge in [0.15, 0.2) is 11.5 Å². The van der Waals surface area contributed by atoms with Gasteiger partial charge in [-0.15, -0.1) is 10.2 Å². The molecule has 0 aliphatic carbocycles. The lowest BCUT2D eigenvalue weighted by Crippen LogP contribution is -2.30. The van der Waals surface area contributed by atoms with Crippen LogP contribution in [0, 0.1) is 6.92 Å². The SMILES string of the molecule is Cc1ccn2c(C3CCCCN3C)nnc2c1. The Hall–Kier alpha value is -1.42. The molecule has 1 fully saturated rings. The first-order valence-corrected chi connectivity index (χ1v) is 6.27. The monoisotopic (exact) mass is 230 g/mol. The van der Waals surface area contributed by atoms with E-state index in [0.29, 0.717) is 6.04 Å². The number of hydrogen-bond donors (Lipinski definition) is 0. The molecule has 1 atom stereocenters. The summed E-state index contributed by atoms with van der Waals surface area (Å²) in [6.45, 7) is 3.24. The van der Waals surface area contributed by atoms with Crippen molar-refractivity contribution in [1.29, 1.82) is 0 Å². The number of fused-ring (bicyclic) bond motifs is 1. The Morgan fingerprint density at radius 3 is 3.00 bits per heavy atom. The highest BCUT2D eigenvalue weighted by Crippen LogP contribution is 2.28. The van der Waals surface area contributed by atoms with Gasteiger partial charge in [-0.1, -0.05) is 6.42 Å². The van der Waals surface area contributed by atoms with Gasteiger partial charge >= 0.3 is 0 Å². The van der Waals surface area contributed by atoms with Crippen molar-refractivity contribution >= 4 is 5.65 Å². The van der Waals surface area contributed by atoms with Crippen molar-refractivity contribution in [3.63, 3.8) is 0 Å². The fourth-order valence-electron chi connectivity index (χ4n) is 2.64. The Kier molecular flexibility index (Phi) is 2.59. The van der Waals surface area contributed by atoms with Gasteiger partial charge in [0.2, 0.25) is 0 Å². The minimum atomic E-state index is 0.418.